The highest BCUT2D eigenvalue weighted by Gasteiger charge is 2.37. The smallest absolute Gasteiger partial charge is 0.133 e. The molecular weight excluding hydrogens is 278 g/mol. The molecule has 4 atom stereocenters. The van der Waals surface area contributed by atoms with Crippen molar-refractivity contribution in [1.29, 1.82) is 0 Å². The van der Waals surface area contributed by atoms with Gasteiger partial charge in [-0.25, -0.2) is 0 Å². The first-order valence-electron chi connectivity index (χ1n) is 8.39. The zero-order chi connectivity index (χ0) is 14.7. The van der Waals surface area contributed by atoms with Crippen LogP contribution in [0.5, 0.6) is 5.75 Å². The Morgan fingerprint density at radius 1 is 1.29 bits per heavy atom. The predicted molar refractivity (Wildman–Crippen MR) is 90.2 cm³/mol. The van der Waals surface area contributed by atoms with E-state index in [2.05, 4.69) is 43.6 Å². The van der Waals surface area contributed by atoms with Crippen molar-refractivity contribution in [3.05, 3.63) is 24.3 Å². The number of ether oxygens (including phenoxy) is 1. The Hall–Kier alpha value is -0.670. The summed E-state index contributed by atoms with van der Waals surface area (Å²) in [4.78, 5) is 1.29. The van der Waals surface area contributed by atoms with Gasteiger partial charge in [-0.15, -0.1) is 11.8 Å². The van der Waals surface area contributed by atoms with Gasteiger partial charge in [-0.1, -0.05) is 44.7 Å². The number of likely N-dealkylation sites (N-methyl/N-ethyl adjacent to an activating group) is 1. The number of hydrogen-bond acceptors (Lipinski definition) is 3. The number of thioether (sulfide) groups is 1. The van der Waals surface area contributed by atoms with E-state index in [0.29, 0.717) is 12.1 Å². The van der Waals surface area contributed by atoms with Crippen LogP contribution >= 0.6 is 11.8 Å². The monoisotopic (exact) mass is 305 g/mol. The SMILES string of the molecule is CCC1CCCCC1C(NC)C1CSc2ccccc2O1. The van der Waals surface area contributed by atoms with Gasteiger partial charge in [-0.05, 0) is 37.4 Å². The summed E-state index contributed by atoms with van der Waals surface area (Å²) in [5, 5.41) is 3.60. The summed E-state index contributed by atoms with van der Waals surface area (Å²) >= 11 is 1.95. The van der Waals surface area contributed by atoms with Crippen molar-refractivity contribution >= 4 is 11.8 Å². The first-order chi connectivity index (χ1) is 10.3. The highest BCUT2D eigenvalue weighted by atomic mass is 32.2. The van der Waals surface area contributed by atoms with Crippen molar-refractivity contribution < 1.29 is 4.74 Å². The van der Waals surface area contributed by atoms with Gasteiger partial charge < -0.3 is 10.1 Å². The molecule has 4 unspecified atom stereocenters. The highest BCUT2D eigenvalue weighted by molar-refractivity contribution is 7.99. The molecule has 1 aromatic rings. The largest absolute Gasteiger partial charge is 0.487 e. The fraction of sp³-hybridized carbons (Fsp3) is 0.667. The lowest BCUT2D eigenvalue weighted by molar-refractivity contribution is 0.0869. The summed E-state index contributed by atoms with van der Waals surface area (Å²) in [6.07, 6.45) is 7.15. The van der Waals surface area contributed by atoms with Gasteiger partial charge in [0, 0.05) is 16.7 Å². The maximum absolute atomic E-state index is 6.35. The van der Waals surface area contributed by atoms with Crippen LogP contribution in [0.1, 0.15) is 39.0 Å². The molecule has 1 N–H and O–H groups in total. The third-order valence-corrected chi connectivity index (χ3v) is 6.36. The zero-order valence-corrected chi connectivity index (χ0v) is 14.0. The van der Waals surface area contributed by atoms with Gasteiger partial charge in [0.25, 0.3) is 0 Å². The Bertz CT molecular complexity index is 464. The molecule has 1 aliphatic carbocycles. The van der Waals surface area contributed by atoms with E-state index in [0.717, 1.165) is 23.3 Å². The van der Waals surface area contributed by atoms with Crippen molar-refractivity contribution in [3.63, 3.8) is 0 Å². The van der Waals surface area contributed by atoms with Crippen molar-refractivity contribution in [3.8, 4) is 5.75 Å². The number of nitrogens with one attached hydrogen (secondary N) is 1. The normalized spacial score (nSPS) is 30.3. The van der Waals surface area contributed by atoms with Crippen LogP contribution in [0.4, 0.5) is 0 Å². The Morgan fingerprint density at radius 3 is 2.90 bits per heavy atom. The Kier molecular flexibility index (Phi) is 5.12. The van der Waals surface area contributed by atoms with Crippen molar-refractivity contribution in [1.82, 2.24) is 5.32 Å². The lowest BCUT2D eigenvalue weighted by atomic mass is 9.73. The van der Waals surface area contributed by atoms with Gasteiger partial charge >= 0.3 is 0 Å². The van der Waals surface area contributed by atoms with E-state index in [1.807, 2.05) is 11.8 Å². The van der Waals surface area contributed by atoms with Crippen LogP contribution in [-0.2, 0) is 0 Å². The maximum Gasteiger partial charge on any atom is 0.133 e. The maximum atomic E-state index is 6.35. The molecule has 3 heteroatoms. The summed E-state index contributed by atoms with van der Waals surface area (Å²) in [5.41, 5.74) is 0. The van der Waals surface area contributed by atoms with Crippen LogP contribution in [0.25, 0.3) is 0 Å². The summed E-state index contributed by atoms with van der Waals surface area (Å²) in [5.74, 6) is 3.77. The minimum absolute atomic E-state index is 0.298. The number of hydrogen-bond donors (Lipinski definition) is 1. The summed E-state index contributed by atoms with van der Waals surface area (Å²) < 4.78 is 6.35. The lowest BCUT2D eigenvalue weighted by Gasteiger charge is -2.41. The molecule has 2 aliphatic rings. The van der Waals surface area contributed by atoms with Crippen LogP contribution in [0.2, 0.25) is 0 Å². The quantitative estimate of drug-likeness (QED) is 0.894. The Labute approximate surface area is 133 Å². The molecule has 0 radical (unpaired) electrons. The van der Waals surface area contributed by atoms with Crippen LogP contribution in [-0.4, -0.2) is 24.9 Å². The number of para-hydroxylation sites is 1. The van der Waals surface area contributed by atoms with Crippen LogP contribution in [0.3, 0.4) is 0 Å². The van der Waals surface area contributed by atoms with Crippen LogP contribution < -0.4 is 10.1 Å². The highest BCUT2D eigenvalue weighted by Crippen LogP contribution is 2.40. The van der Waals surface area contributed by atoms with Crippen molar-refractivity contribution in [2.45, 2.75) is 56.1 Å². The fourth-order valence-electron chi connectivity index (χ4n) is 4.10. The number of fused-ring (bicyclic) bond motifs is 1. The van der Waals surface area contributed by atoms with E-state index in [4.69, 9.17) is 4.74 Å². The predicted octanol–water partition coefficient (Wildman–Crippen LogP) is 4.34. The number of benzene rings is 1. The van der Waals surface area contributed by atoms with E-state index in [1.165, 1.54) is 37.0 Å². The minimum atomic E-state index is 0.298. The van der Waals surface area contributed by atoms with Crippen molar-refractivity contribution in [2.75, 3.05) is 12.8 Å². The molecule has 1 heterocycles. The molecule has 2 nitrogen and oxygen atoms in total. The first-order valence-corrected chi connectivity index (χ1v) is 9.37. The average Bonchev–Trinajstić information content (AvgIpc) is 2.56. The molecule has 116 valence electrons. The summed E-state index contributed by atoms with van der Waals surface area (Å²) in [6.45, 7) is 2.35. The molecule has 3 rings (SSSR count). The van der Waals surface area contributed by atoms with Gasteiger partial charge in [0.15, 0.2) is 0 Å². The zero-order valence-electron chi connectivity index (χ0n) is 13.2. The summed E-state index contributed by atoms with van der Waals surface area (Å²) in [7, 11) is 2.11. The van der Waals surface area contributed by atoms with Crippen LogP contribution in [0, 0.1) is 11.8 Å². The molecule has 0 spiro atoms. The minimum Gasteiger partial charge on any atom is -0.487 e. The second-order valence-electron chi connectivity index (χ2n) is 6.35. The van der Waals surface area contributed by atoms with Gasteiger partial charge in [0.2, 0.25) is 0 Å². The Balaban J connectivity index is 1.75. The van der Waals surface area contributed by atoms with Gasteiger partial charge in [-0.3, -0.25) is 0 Å². The average molecular weight is 305 g/mol. The molecule has 1 saturated carbocycles. The van der Waals surface area contributed by atoms with E-state index in [1.54, 1.807) is 0 Å². The third kappa shape index (κ3) is 3.24. The second kappa shape index (κ2) is 7.06. The van der Waals surface area contributed by atoms with E-state index < -0.39 is 0 Å². The molecule has 0 bridgehead atoms. The van der Waals surface area contributed by atoms with Gasteiger partial charge in [0.1, 0.15) is 11.9 Å². The van der Waals surface area contributed by atoms with Gasteiger partial charge in [-0.2, -0.15) is 0 Å². The molecule has 1 aromatic carbocycles. The second-order valence-corrected chi connectivity index (χ2v) is 7.41. The van der Waals surface area contributed by atoms with E-state index in [-0.39, 0.29) is 0 Å². The van der Waals surface area contributed by atoms with E-state index in [9.17, 15) is 0 Å². The molecule has 1 fully saturated rings. The molecule has 0 aromatic heterocycles. The molecular formula is C18H27NOS. The molecule has 0 saturated heterocycles. The van der Waals surface area contributed by atoms with Crippen LogP contribution in [0.15, 0.2) is 29.2 Å². The topological polar surface area (TPSA) is 21.3 Å². The fourth-order valence-corrected chi connectivity index (χ4v) is 5.16. The molecule has 0 amide bonds. The molecule has 1 aliphatic heterocycles. The number of rotatable bonds is 4. The molecule has 21 heavy (non-hydrogen) atoms. The summed E-state index contributed by atoms with van der Waals surface area (Å²) in [6, 6.07) is 8.93. The first kappa shape index (κ1) is 15.2. The van der Waals surface area contributed by atoms with Gasteiger partial charge in [0.05, 0.1) is 0 Å². The Morgan fingerprint density at radius 2 is 2.10 bits per heavy atom. The third-order valence-electron chi connectivity index (χ3n) is 5.22. The van der Waals surface area contributed by atoms with E-state index >= 15 is 0 Å². The lowest BCUT2D eigenvalue weighted by Crippen LogP contribution is -2.51. The van der Waals surface area contributed by atoms with Crippen molar-refractivity contribution in [2.24, 2.45) is 11.8 Å². The standard InChI is InChI=1S/C18H27NOS/c1-3-13-8-4-5-9-14(13)18(19-2)16-12-21-17-11-7-6-10-15(17)20-16/h6-7,10-11,13-14,16,18-19H,3-5,8-9,12H2,1-2H3.